The first-order valence-electron chi connectivity index (χ1n) is 10.6. The largest absolute Gasteiger partial charge is 0.486 e. The molecule has 1 heterocycles. The number of hydrogen-bond acceptors (Lipinski definition) is 5. The monoisotopic (exact) mass is 425 g/mol. The molecule has 0 aliphatic carbocycles. The fraction of sp³-hybridized carbons (Fsp3) is 0.417. The van der Waals surface area contributed by atoms with E-state index in [0.29, 0.717) is 19.0 Å². The van der Waals surface area contributed by atoms with E-state index in [4.69, 9.17) is 9.47 Å². The summed E-state index contributed by atoms with van der Waals surface area (Å²) < 4.78 is 11.3. The number of benzene rings is 2. The average molecular weight is 426 g/mol. The molecule has 1 atom stereocenters. The molecule has 7 heteroatoms. The summed E-state index contributed by atoms with van der Waals surface area (Å²) in [5.41, 5.74) is 2.84. The van der Waals surface area contributed by atoms with Crippen LogP contribution < -0.4 is 20.1 Å². The molecule has 0 saturated carbocycles. The van der Waals surface area contributed by atoms with Crippen LogP contribution in [0.25, 0.3) is 0 Å². The number of rotatable bonds is 8. The predicted octanol–water partition coefficient (Wildman–Crippen LogP) is 3.15. The van der Waals surface area contributed by atoms with Crippen LogP contribution in [-0.4, -0.2) is 50.1 Å². The lowest BCUT2D eigenvalue weighted by Gasteiger charge is -2.26. The van der Waals surface area contributed by atoms with E-state index >= 15 is 0 Å². The first kappa shape index (κ1) is 22.6. The Balaban J connectivity index is 1.54. The van der Waals surface area contributed by atoms with E-state index in [1.54, 1.807) is 11.9 Å². The van der Waals surface area contributed by atoms with Crippen LogP contribution in [-0.2, 0) is 9.59 Å². The van der Waals surface area contributed by atoms with Crippen LogP contribution in [0.2, 0.25) is 0 Å². The molecule has 31 heavy (non-hydrogen) atoms. The second-order valence-electron chi connectivity index (χ2n) is 8.28. The summed E-state index contributed by atoms with van der Waals surface area (Å²) in [5.74, 6) is 1.31. The van der Waals surface area contributed by atoms with Gasteiger partial charge in [0, 0.05) is 5.69 Å². The lowest BCUT2D eigenvalue weighted by atomic mass is 9.95. The van der Waals surface area contributed by atoms with Crippen LogP contribution in [0.5, 0.6) is 11.5 Å². The van der Waals surface area contributed by atoms with Gasteiger partial charge in [-0.25, -0.2) is 0 Å². The summed E-state index contributed by atoms with van der Waals surface area (Å²) in [5, 5.41) is 5.94. The quantitative estimate of drug-likeness (QED) is 0.679. The van der Waals surface area contributed by atoms with Gasteiger partial charge in [-0.3, -0.25) is 14.5 Å². The van der Waals surface area contributed by atoms with Gasteiger partial charge in [-0.15, -0.1) is 0 Å². The molecule has 2 aromatic carbocycles. The third kappa shape index (κ3) is 6.46. The first-order chi connectivity index (χ1) is 14.8. The summed E-state index contributed by atoms with van der Waals surface area (Å²) >= 11 is 0. The van der Waals surface area contributed by atoms with Crippen molar-refractivity contribution < 1.29 is 19.1 Å². The van der Waals surface area contributed by atoms with Crippen molar-refractivity contribution in [2.75, 3.05) is 38.7 Å². The predicted molar refractivity (Wildman–Crippen MR) is 120 cm³/mol. The van der Waals surface area contributed by atoms with E-state index in [-0.39, 0.29) is 36.9 Å². The number of hydrogen-bond donors (Lipinski definition) is 2. The Labute approximate surface area is 183 Å². The third-order valence-corrected chi connectivity index (χ3v) is 5.07. The molecule has 0 aromatic heterocycles. The van der Waals surface area contributed by atoms with Gasteiger partial charge in [0.1, 0.15) is 13.2 Å². The van der Waals surface area contributed by atoms with Gasteiger partial charge in [0.25, 0.3) is 0 Å². The number of ether oxygens (including phenoxy) is 2. The van der Waals surface area contributed by atoms with Crippen molar-refractivity contribution >= 4 is 17.5 Å². The molecule has 1 aliphatic rings. The normalized spacial score (nSPS) is 13.7. The number of carbonyl (C=O) groups is 2. The number of fused-ring (bicyclic) bond motifs is 1. The van der Waals surface area contributed by atoms with Crippen molar-refractivity contribution in [1.29, 1.82) is 0 Å². The Morgan fingerprint density at radius 2 is 1.61 bits per heavy atom. The van der Waals surface area contributed by atoms with E-state index in [1.807, 2.05) is 49.4 Å². The maximum absolute atomic E-state index is 12.7. The number of nitrogens with one attached hydrogen (secondary N) is 2. The van der Waals surface area contributed by atoms with Crippen molar-refractivity contribution in [1.82, 2.24) is 10.2 Å². The third-order valence-electron chi connectivity index (χ3n) is 5.07. The summed E-state index contributed by atoms with van der Waals surface area (Å²) in [6, 6.07) is 13.2. The molecule has 0 unspecified atom stereocenters. The van der Waals surface area contributed by atoms with Crippen LogP contribution >= 0.6 is 0 Å². The average Bonchev–Trinajstić information content (AvgIpc) is 2.73. The van der Waals surface area contributed by atoms with Crippen LogP contribution in [0.4, 0.5) is 5.69 Å². The molecule has 0 saturated heterocycles. The maximum Gasteiger partial charge on any atom is 0.238 e. The number of amides is 2. The van der Waals surface area contributed by atoms with E-state index < -0.39 is 0 Å². The molecule has 1 aliphatic heterocycles. The van der Waals surface area contributed by atoms with Crippen molar-refractivity contribution in [3.8, 4) is 11.5 Å². The summed E-state index contributed by atoms with van der Waals surface area (Å²) in [7, 11) is 1.75. The second kappa shape index (κ2) is 10.3. The summed E-state index contributed by atoms with van der Waals surface area (Å²) in [6.07, 6.45) is 0. The Kier molecular flexibility index (Phi) is 7.52. The fourth-order valence-electron chi connectivity index (χ4n) is 3.49. The molecule has 0 spiro atoms. The molecular formula is C24H31N3O4. The Bertz CT molecular complexity index is 912. The highest BCUT2D eigenvalue weighted by atomic mass is 16.6. The minimum atomic E-state index is -0.168. The lowest BCUT2D eigenvalue weighted by molar-refractivity contribution is -0.123. The van der Waals surface area contributed by atoms with Gasteiger partial charge in [0.2, 0.25) is 11.8 Å². The van der Waals surface area contributed by atoms with Crippen molar-refractivity contribution in [2.24, 2.45) is 5.92 Å². The zero-order chi connectivity index (χ0) is 22.4. The second-order valence-corrected chi connectivity index (χ2v) is 8.28. The van der Waals surface area contributed by atoms with Gasteiger partial charge >= 0.3 is 0 Å². The smallest absolute Gasteiger partial charge is 0.238 e. The number of anilines is 1. The molecule has 7 nitrogen and oxygen atoms in total. The molecule has 0 bridgehead atoms. The highest BCUT2D eigenvalue weighted by Crippen LogP contribution is 2.34. The number of carbonyl (C=O) groups excluding carboxylic acids is 2. The van der Waals surface area contributed by atoms with Gasteiger partial charge < -0.3 is 20.1 Å². The fourth-order valence-corrected chi connectivity index (χ4v) is 3.49. The van der Waals surface area contributed by atoms with Gasteiger partial charge in [0.05, 0.1) is 19.1 Å². The van der Waals surface area contributed by atoms with Gasteiger partial charge in [-0.2, -0.15) is 0 Å². The Morgan fingerprint density at radius 1 is 0.968 bits per heavy atom. The number of likely N-dealkylation sites (N-methyl/N-ethyl adjacent to an activating group) is 1. The highest BCUT2D eigenvalue weighted by molar-refractivity contribution is 5.92. The molecule has 2 aromatic rings. The molecule has 2 amide bonds. The molecule has 0 radical (unpaired) electrons. The Hall–Kier alpha value is -3.06. The SMILES string of the molecule is Cc1ccc(NC(=O)CN(C)CC(=O)N[C@H](c2ccc3c(c2)OCCO3)C(C)C)cc1. The zero-order valence-electron chi connectivity index (χ0n) is 18.6. The topological polar surface area (TPSA) is 79.9 Å². The minimum Gasteiger partial charge on any atom is -0.486 e. The lowest BCUT2D eigenvalue weighted by Crippen LogP contribution is -2.41. The van der Waals surface area contributed by atoms with Gasteiger partial charge in [-0.05, 0) is 49.7 Å². The summed E-state index contributed by atoms with van der Waals surface area (Å²) in [6.45, 7) is 7.41. The van der Waals surface area contributed by atoms with Crippen molar-refractivity contribution in [3.63, 3.8) is 0 Å². The van der Waals surface area contributed by atoms with Gasteiger partial charge in [-0.1, -0.05) is 37.6 Å². The van der Waals surface area contributed by atoms with Crippen LogP contribution in [0.15, 0.2) is 42.5 Å². The van der Waals surface area contributed by atoms with Crippen molar-refractivity contribution in [2.45, 2.75) is 26.8 Å². The van der Waals surface area contributed by atoms with Crippen LogP contribution in [0.3, 0.4) is 0 Å². The zero-order valence-corrected chi connectivity index (χ0v) is 18.6. The molecule has 2 N–H and O–H groups in total. The van der Waals surface area contributed by atoms with E-state index in [1.165, 1.54) is 0 Å². The molecule has 0 fully saturated rings. The summed E-state index contributed by atoms with van der Waals surface area (Å²) in [4.78, 5) is 26.6. The molecule has 166 valence electrons. The van der Waals surface area contributed by atoms with Crippen LogP contribution in [0.1, 0.15) is 31.0 Å². The maximum atomic E-state index is 12.7. The minimum absolute atomic E-state index is 0.120. The number of nitrogens with zero attached hydrogens (tertiary/aromatic N) is 1. The molecular weight excluding hydrogens is 394 g/mol. The highest BCUT2D eigenvalue weighted by Gasteiger charge is 2.22. The standard InChI is InChI=1S/C24H31N3O4/c1-16(2)24(18-7-10-20-21(13-18)31-12-11-30-20)26-23(29)15-27(4)14-22(28)25-19-8-5-17(3)6-9-19/h5-10,13,16,24H,11-12,14-15H2,1-4H3,(H,25,28)(H,26,29)/t24-/m0/s1. The van der Waals surface area contributed by atoms with E-state index in [0.717, 1.165) is 22.6 Å². The van der Waals surface area contributed by atoms with Gasteiger partial charge in [0.15, 0.2) is 11.5 Å². The molecule has 3 rings (SSSR count). The number of aryl methyl sites for hydroxylation is 1. The Morgan fingerprint density at radius 3 is 2.29 bits per heavy atom. The van der Waals surface area contributed by atoms with E-state index in [2.05, 4.69) is 24.5 Å². The van der Waals surface area contributed by atoms with E-state index in [9.17, 15) is 9.59 Å². The first-order valence-corrected chi connectivity index (χ1v) is 10.6. The van der Waals surface area contributed by atoms with Crippen molar-refractivity contribution in [3.05, 3.63) is 53.6 Å². The van der Waals surface area contributed by atoms with Crippen LogP contribution in [0, 0.1) is 12.8 Å².